The number of aliphatic carboxylic acids is 1. The standard InChI is InChI=1S/C21H33N3O6S/c1-8-13(23(7)19(29)30-20(2,3)4)16(25)22-12-9-10-31-14-11-21(5,6)15(18(27)28)24(14)17(12)26/h8,12-15H,1,9-11H2,2-7H3,(H,22,25)(H,27,28)/t12-,13-,14?,15+/m0/s1. The van der Waals surface area contributed by atoms with Gasteiger partial charge < -0.3 is 20.1 Å². The highest BCUT2D eigenvalue weighted by Crippen LogP contribution is 2.46. The minimum absolute atomic E-state index is 0.245. The average molecular weight is 456 g/mol. The van der Waals surface area contributed by atoms with Crippen molar-refractivity contribution in [3.05, 3.63) is 12.7 Å². The zero-order chi connectivity index (χ0) is 23.7. The minimum Gasteiger partial charge on any atom is -0.480 e. The molecule has 2 fully saturated rings. The second-order valence-electron chi connectivity index (χ2n) is 9.63. The van der Waals surface area contributed by atoms with E-state index in [0.29, 0.717) is 18.6 Å². The van der Waals surface area contributed by atoms with Crippen molar-refractivity contribution in [2.75, 3.05) is 12.8 Å². The van der Waals surface area contributed by atoms with Crippen molar-refractivity contribution in [2.24, 2.45) is 5.41 Å². The van der Waals surface area contributed by atoms with Gasteiger partial charge in [-0.25, -0.2) is 9.59 Å². The van der Waals surface area contributed by atoms with E-state index in [2.05, 4.69) is 11.9 Å². The summed E-state index contributed by atoms with van der Waals surface area (Å²) in [6.45, 7) is 12.5. The van der Waals surface area contributed by atoms with Gasteiger partial charge in [0, 0.05) is 7.05 Å². The van der Waals surface area contributed by atoms with Gasteiger partial charge in [-0.05, 0) is 44.8 Å². The predicted octanol–water partition coefficient (Wildman–Crippen LogP) is 2.07. The molecule has 2 aliphatic rings. The van der Waals surface area contributed by atoms with E-state index in [4.69, 9.17) is 4.74 Å². The summed E-state index contributed by atoms with van der Waals surface area (Å²) in [6, 6.07) is -2.88. The second-order valence-corrected chi connectivity index (χ2v) is 10.9. The molecule has 2 N–H and O–H groups in total. The van der Waals surface area contributed by atoms with Crippen LogP contribution in [-0.2, 0) is 19.1 Å². The Kier molecular flexibility index (Phi) is 7.35. The Morgan fingerprint density at radius 2 is 2.00 bits per heavy atom. The number of nitrogens with one attached hydrogen (secondary N) is 1. The highest BCUT2D eigenvalue weighted by atomic mass is 32.2. The molecule has 174 valence electrons. The van der Waals surface area contributed by atoms with Crippen molar-refractivity contribution >= 4 is 35.6 Å². The molecule has 2 heterocycles. The van der Waals surface area contributed by atoms with Gasteiger partial charge in [0.05, 0.1) is 5.37 Å². The summed E-state index contributed by atoms with van der Waals surface area (Å²) in [4.78, 5) is 53.0. The summed E-state index contributed by atoms with van der Waals surface area (Å²) in [6.07, 6.45) is 1.55. The number of carbonyl (C=O) groups excluding carboxylic acids is 3. The number of carboxylic acids is 1. The largest absolute Gasteiger partial charge is 0.480 e. The molecule has 0 aromatic rings. The van der Waals surface area contributed by atoms with Crippen molar-refractivity contribution in [2.45, 2.75) is 76.6 Å². The molecular weight excluding hydrogens is 422 g/mol. The lowest BCUT2D eigenvalue weighted by Crippen LogP contribution is -2.57. The topological polar surface area (TPSA) is 116 Å². The number of carboxylic acid groups (broad SMARTS) is 1. The minimum atomic E-state index is -1.05. The molecule has 9 nitrogen and oxygen atoms in total. The number of rotatable bonds is 5. The van der Waals surface area contributed by atoms with Crippen LogP contribution in [-0.4, -0.2) is 80.7 Å². The van der Waals surface area contributed by atoms with Crippen LogP contribution in [0.1, 0.15) is 47.5 Å². The molecule has 0 saturated carbocycles. The molecule has 31 heavy (non-hydrogen) atoms. The van der Waals surface area contributed by atoms with Crippen LogP contribution in [0.25, 0.3) is 0 Å². The molecule has 0 spiro atoms. The van der Waals surface area contributed by atoms with Crippen LogP contribution in [0.2, 0.25) is 0 Å². The Morgan fingerprint density at radius 1 is 1.39 bits per heavy atom. The van der Waals surface area contributed by atoms with E-state index in [9.17, 15) is 24.3 Å². The van der Waals surface area contributed by atoms with Gasteiger partial charge in [0.1, 0.15) is 23.7 Å². The quantitative estimate of drug-likeness (QED) is 0.610. The first-order valence-corrected chi connectivity index (χ1v) is 11.3. The molecule has 0 radical (unpaired) electrons. The zero-order valence-electron chi connectivity index (χ0n) is 19.0. The van der Waals surface area contributed by atoms with Gasteiger partial charge in [0.2, 0.25) is 11.8 Å². The average Bonchev–Trinajstić information content (AvgIpc) is 2.81. The van der Waals surface area contributed by atoms with Gasteiger partial charge in [0.25, 0.3) is 0 Å². The number of hydrogen-bond donors (Lipinski definition) is 2. The normalized spacial score (nSPS) is 26.3. The number of amides is 3. The van der Waals surface area contributed by atoms with Gasteiger partial charge in [-0.1, -0.05) is 19.9 Å². The highest BCUT2D eigenvalue weighted by Gasteiger charge is 2.54. The Hall–Kier alpha value is -2.23. The molecule has 10 heteroatoms. The van der Waals surface area contributed by atoms with Crippen molar-refractivity contribution in [3.63, 3.8) is 0 Å². The third-order valence-electron chi connectivity index (χ3n) is 5.44. The Labute approximate surface area is 187 Å². The summed E-state index contributed by atoms with van der Waals surface area (Å²) in [7, 11) is 1.42. The van der Waals surface area contributed by atoms with Gasteiger partial charge in [-0.3, -0.25) is 14.5 Å². The Bertz CT molecular complexity index is 763. The second kappa shape index (κ2) is 9.10. The molecule has 3 amide bonds. The molecule has 2 rings (SSSR count). The predicted molar refractivity (Wildman–Crippen MR) is 117 cm³/mol. The maximum atomic E-state index is 13.3. The van der Waals surface area contributed by atoms with Crippen LogP contribution in [0, 0.1) is 5.41 Å². The van der Waals surface area contributed by atoms with Gasteiger partial charge in [-0.15, -0.1) is 18.3 Å². The number of thioether (sulfide) groups is 1. The molecule has 0 aromatic carbocycles. The van der Waals surface area contributed by atoms with E-state index in [1.54, 1.807) is 20.8 Å². The first-order valence-electron chi connectivity index (χ1n) is 10.2. The fourth-order valence-corrected chi connectivity index (χ4v) is 5.55. The van der Waals surface area contributed by atoms with Gasteiger partial charge in [-0.2, -0.15) is 0 Å². The van der Waals surface area contributed by atoms with Crippen LogP contribution in [0.15, 0.2) is 12.7 Å². The fourth-order valence-electron chi connectivity index (χ4n) is 3.97. The first-order chi connectivity index (χ1) is 14.2. The summed E-state index contributed by atoms with van der Waals surface area (Å²) in [5.41, 5.74) is -1.31. The van der Waals surface area contributed by atoms with E-state index in [-0.39, 0.29) is 5.37 Å². The number of ether oxygens (including phenoxy) is 1. The van der Waals surface area contributed by atoms with Crippen LogP contribution < -0.4 is 5.32 Å². The Morgan fingerprint density at radius 3 is 2.52 bits per heavy atom. The highest BCUT2D eigenvalue weighted by molar-refractivity contribution is 7.99. The number of hydrogen-bond acceptors (Lipinski definition) is 6. The first kappa shape index (κ1) is 25.0. The monoisotopic (exact) mass is 455 g/mol. The molecule has 1 unspecified atom stereocenters. The smallest absolute Gasteiger partial charge is 0.410 e. The van der Waals surface area contributed by atoms with E-state index < -0.39 is 53.0 Å². The van der Waals surface area contributed by atoms with Crippen molar-refractivity contribution < 1.29 is 29.0 Å². The lowest BCUT2D eigenvalue weighted by molar-refractivity contribution is -0.152. The summed E-state index contributed by atoms with van der Waals surface area (Å²) < 4.78 is 5.30. The third kappa shape index (κ3) is 5.53. The number of likely N-dealkylation sites (N-methyl/N-ethyl adjacent to an activating group) is 1. The van der Waals surface area contributed by atoms with Crippen LogP contribution >= 0.6 is 11.8 Å². The van der Waals surface area contributed by atoms with Crippen molar-refractivity contribution in [1.82, 2.24) is 15.1 Å². The Balaban J connectivity index is 2.18. The lowest BCUT2D eigenvalue weighted by Gasteiger charge is -2.33. The molecule has 2 aliphatic heterocycles. The van der Waals surface area contributed by atoms with Crippen molar-refractivity contribution in [3.8, 4) is 0 Å². The fraction of sp³-hybridized carbons (Fsp3) is 0.714. The maximum absolute atomic E-state index is 13.3. The van der Waals surface area contributed by atoms with E-state index in [0.717, 1.165) is 4.90 Å². The van der Waals surface area contributed by atoms with Gasteiger partial charge in [0.15, 0.2) is 0 Å². The summed E-state index contributed by atoms with van der Waals surface area (Å²) in [5.74, 6) is -1.44. The van der Waals surface area contributed by atoms with Crippen LogP contribution in [0.4, 0.5) is 4.79 Å². The van der Waals surface area contributed by atoms with E-state index in [1.807, 2.05) is 13.8 Å². The van der Waals surface area contributed by atoms with E-state index in [1.165, 1.54) is 29.8 Å². The molecule has 0 aliphatic carbocycles. The molecular formula is C21H33N3O6S. The number of fused-ring (bicyclic) bond motifs is 1. The van der Waals surface area contributed by atoms with Crippen LogP contribution in [0.5, 0.6) is 0 Å². The summed E-state index contributed by atoms with van der Waals surface area (Å²) in [5, 5.41) is 12.2. The maximum Gasteiger partial charge on any atom is 0.410 e. The molecule has 0 aromatic heterocycles. The zero-order valence-corrected chi connectivity index (χ0v) is 19.8. The number of nitrogens with zero attached hydrogens (tertiary/aromatic N) is 2. The SMILES string of the molecule is C=C[C@@H](C(=O)N[C@H]1CCSC2CC(C)(C)[C@@H](C(=O)O)N2C1=O)N(C)C(=O)OC(C)(C)C. The molecule has 4 atom stereocenters. The molecule has 0 bridgehead atoms. The lowest BCUT2D eigenvalue weighted by atomic mass is 9.84. The van der Waals surface area contributed by atoms with Crippen LogP contribution in [0.3, 0.4) is 0 Å². The summed E-state index contributed by atoms with van der Waals surface area (Å²) >= 11 is 1.53. The third-order valence-corrected chi connectivity index (χ3v) is 6.69. The van der Waals surface area contributed by atoms with Gasteiger partial charge >= 0.3 is 12.1 Å². The number of carbonyl (C=O) groups is 4. The van der Waals surface area contributed by atoms with Crippen molar-refractivity contribution in [1.29, 1.82) is 0 Å². The molecule has 2 saturated heterocycles. The van der Waals surface area contributed by atoms with E-state index >= 15 is 0 Å².